The first-order valence-electron chi connectivity index (χ1n) is 9.32. The molecule has 3 heterocycles. The van der Waals surface area contributed by atoms with Gasteiger partial charge in [-0.3, -0.25) is 15.0 Å². The third kappa shape index (κ3) is 4.50. The number of para-hydroxylation sites is 1. The van der Waals surface area contributed by atoms with Crippen molar-refractivity contribution in [2.24, 2.45) is 10.7 Å². The zero-order valence-corrected chi connectivity index (χ0v) is 15.5. The first-order valence-corrected chi connectivity index (χ1v) is 9.32. The summed E-state index contributed by atoms with van der Waals surface area (Å²) in [6.45, 7) is 0.436. The Kier molecular flexibility index (Phi) is 5.54. The molecule has 3 aromatic rings. The van der Waals surface area contributed by atoms with E-state index < -0.39 is 0 Å². The molecule has 0 saturated carbocycles. The van der Waals surface area contributed by atoms with Crippen LogP contribution in [0.25, 0.3) is 12.2 Å². The minimum Gasteiger partial charge on any atom is -0.490 e. The van der Waals surface area contributed by atoms with Gasteiger partial charge in [0.2, 0.25) is 0 Å². The molecule has 28 heavy (non-hydrogen) atoms. The van der Waals surface area contributed by atoms with Crippen molar-refractivity contribution in [3.05, 3.63) is 83.9 Å². The average molecular weight is 370 g/mol. The highest BCUT2D eigenvalue weighted by atomic mass is 16.5. The van der Waals surface area contributed by atoms with E-state index in [4.69, 9.17) is 10.5 Å². The Hall–Kier alpha value is -3.31. The van der Waals surface area contributed by atoms with E-state index in [-0.39, 0.29) is 12.0 Å². The molecule has 140 valence electrons. The van der Waals surface area contributed by atoms with Gasteiger partial charge in [0.1, 0.15) is 12.4 Å². The number of nitrogens with zero attached hydrogens (tertiary/aromatic N) is 3. The second-order valence-corrected chi connectivity index (χ2v) is 6.82. The van der Waals surface area contributed by atoms with E-state index in [1.807, 2.05) is 54.8 Å². The molecule has 0 fully saturated rings. The van der Waals surface area contributed by atoms with E-state index in [0.717, 1.165) is 23.2 Å². The lowest BCUT2D eigenvalue weighted by molar-refractivity contribution is 0.280. The van der Waals surface area contributed by atoms with Crippen LogP contribution >= 0.6 is 0 Å². The zero-order chi connectivity index (χ0) is 19.2. The van der Waals surface area contributed by atoms with Crippen LogP contribution in [0.5, 0.6) is 5.75 Å². The number of hydrogen-bond donors (Lipinski definition) is 1. The van der Waals surface area contributed by atoms with Gasteiger partial charge in [-0.25, -0.2) is 0 Å². The molecule has 0 bridgehead atoms. The highest BCUT2D eigenvalue weighted by Crippen LogP contribution is 2.34. The van der Waals surface area contributed by atoms with Gasteiger partial charge in [-0.2, -0.15) is 0 Å². The minimum atomic E-state index is -0.0846. The Morgan fingerprint density at radius 3 is 2.71 bits per heavy atom. The molecule has 0 aliphatic carbocycles. The van der Waals surface area contributed by atoms with Crippen molar-refractivity contribution in [3.63, 3.8) is 0 Å². The van der Waals surface area contributed by atoms with Gasteiger partial charge in [0.15, 0.2) is 0 Å². The van der Waals surface area contributed by atoms with Crippen molar-refractivity contribution >= 4 is 24.1 Å². The predicted octanol–water partition coefficient (Wildman–Crippen LogP) is 4.24. The van der Waals surface area contributed by atoms with E-state index in [1.165, 1.54) is 5.56 Å². The lowest BCUT2D eigenvalue weighted by atomic mass is 9.94. The Balaban J connectivity index is 1.32. The van der Waals surface area contributed by atoms with Gasteiger partial charge >= 0.3 is 0 Å². The summed E-state index contributed by atoms with van der Waals surface area (Å²) in [6, 6.07) is 14.0. The van der Waals surface area contributed by atoms with Gasteiger partial charge in [-0.15, -0.1) is 0 Å². The number of rotatable bonds is 7. The molecule has 0 spiro atoms. The summed E-state index contributed by atoms with van der Waals surface area (Å²) < 4.78 is 5.88. The molecular weight excluding hydrogens is 348 g/mol. The highest BCUT2D eigenvalue weighted by molar-refractivity contribution is 5.80. The Labute approximate surface area is 164 Å². The molecule has 1 aliphatic heterocycles. The smallest absolute Gasteiger partial charge is 0.138 e. The van der Waals surface area contributed by atoms with Crippen molar-refractivity contribution in [3.8, 4) is 5.75 Å². The number of aromatic nitrogens is 2. The van der Waals surface area contributed by atoms with Crippen LogP contribution in [0.1, 0.15) is 29.0 Å². The summed E-state index contributed by atoms with van der Waals surface area (Å²) in [5.41, 5.74) is 10.6. The summed E-state index contributed by atoms with van der Waals surface area (Å²) >= 11 is 0. The zero-order valence-electron chi connectivity index (χ0n) is 15.5. The first kappa shape index (κ1) is 18.1. The van der Waals surface area contributed by atoms with Crippen molar-refractivity contribution in [1.82, 2.24) is 9.97 Å². The number of aliphatic imine (C=N–C) groups is 1. The maximum Gasteiger partial charge on any atom is 0.138 e. The van der Waals surface area contributed by atoms with Gasteiger partial charge in [-0.1, -0.05) is 30.4 Å². The standard InChI is InChI=1S/C23H22N4O/c24-20(12-19-14-27-23-4-2-1-3-22(19)23)16-28-21-11-18(13-26-15-21)6-5-17-7-9-25-10-8-17/h1-11,13-15,19-20H,12,16,24H2/b6-5+/t19?,20-/m0/s1. The number of benzene rings is 1. The number of hydrogen-bond acceptors (Lipinski definition) is 5. The Morgan fingerprint density at radius 1 is 1.00 bits per heavy atom. The van der Waals surface area contributed by atoms with Crippen molar-refractivity contribution in [1.29, 1.82) is 0 Å². The van der Waals surface area contributed by atoms with Crippen LogP contribution in [0.4, 0.5) is 5.69 Å². The summed E-state index contributed by atoms with van der Waals surface area (Å²) in [5, 5.41) is 0. The predicted molar refractivity (Wildman–Crippen MR) is 113 cm³/mol. The van der Waals surface area contributed by atoms with E-state index in [2.05, 4.69) is 21.0 Å². The van der Waals surface area contributed by atoms with E-state index in [1.54, 1.807) is 24.8 Å². The van der Waals surface area contributed by atoms with Crippen LogP contribution in [-0.2, 0) is 0 Å². The molecule has 2 N–H and O–H groups in total. The normalized spacial score (nSPS) is 16.2. The lowest BCUT2D eigenvalue weighted by Crippen LogP contribution is -2.29. The quantitative estimate of drug-likeness (QED) is 0.675. The molecule has 0 radical (unpaired) electrons. The van der Waals surface area contributed by atoms with Gasteiger partial charge < -0.3 is 10.5 Å². The second-order valence-electron chi connectivity index (χ2n) is 6.82. The SMILES string of the molecule is N[C@H](COc1cncc(/C=C/c2ccncc2)c1)CC1C=Nc2ccccc21. The van der Waals surface area contributed by atoms with E-state index in [9.17, 15) is 0 Å². The molecule has 1 aliphatic rings. The monoisotopic (exact) mass is 370 g/mol. The fourth-order valence-electron chi connectivity index (χ4n) is 3.23. The third-order valence-electron chi connectivity index (χ3n) is 4.66. The maximum absolute atomic E-state index is 6.30. The molecule has 1 unspecified atom stereocenters. The average Bonchev–Trinajstić information content (AvgIpc) is 3.15. The van der Waals surface area contributed by atoms with Crippen LogP contribution in [0, 0.1) is 0 Å². The van der Waals surface area contributed by atoms with Gasteiger partial charge in [0.05, 0.1) is 11.9 Å². The molecule has 2 aromatic heterocycles. The topological polar surface area (TPSA) is 73.4 Å². The number of pyridine rings is 2. The molecule has 0 amide bonds. The molecule has 2 atom stereocenters. The van der Waals surface area contributed by atoms with Crippen LogP contribution in [0.3, 0.4) is 0 Å². The fourth-order valence-corrected chi connectivity index (χ4v) is 3.23. The van der Waals surface area contributed by atoms with E-state index in [0.29, 0.717) is 12.4 Å². The van der Waals surface area contributed by atoms with Gasteiger partial charge in [0, 0.05) is 36.8 Å². The summed E-state index contributed by atoms with van der Waals surface area (Å²) in [6.07, 6.45) is 13.9. The molecule has 5 nitrogen and oxygen atoms in total. The Bertz CT molecular complexity index is 985. The third-order valence-corrected chi connectivity index (χ3v) is 4.66. The van der Waals surface area contributed by atoms with Crippen LogP contribution in [-0.4, -0.2) is 28.8 Å². The molecule has 1 aromatic carbocycles. The molecule has 5 heteroatoms. The molecular formula is C23H22N4O. The number of fused-ring (bicyclic) bond motifs is 1. The highest BCUT2D eigenvalue weighted by Gasteiger charge is 2.21. The van der Waals surface area contributed by atoms with E-state index >= 15 is 0 Å². The summed E-state index contributed by atoms with van der Waals surface area (Å²) in [7, 11) is 0. The number of nitrogens with two attached hydrogens (primary N) is 1. The first-order chi connectivity index (χ1) is 13.8. The summed E-state index contributed by atoms with van der Waals surface area (Å²) in [5.74, 6) is 0.968. The van der Waals surface area contributed by atoms with Crippen LogP contribution in [0.2, 0.25) is 0 Å². The van der Waals surface area contributed by atoms with Crippen molar-refractivity contribution < 1.29 is 4.74 Å². The Morgan fingerprint density at radius 2 is 1.82 bits per heavy atom. The van der Waals surface area contributed by atoms with Gasteiger partial charge in [-0.05, 0) is 47.4 Å². The second kappa shape index (κ2) is 8.59. The van der Waals surface area contributed by atoms with Crippen LogP contribution in [0.15, 0.2) is 72.2 Å². The lowest BCUT2D eigenvalue weighted by Gasteiger charge is -2.16. The number of ether oxygens (including phenoxy) is 1. The van der Waals surface area contributed by atoms with Crippen LogP contribution < -0.4 is 10.5 Å². The van der Waals surface area contributed by atoms with Crippen molar-refractivity contribution in [2.75, 3.05) is 6.61 Å². The largest absolute Gasteiger partial charge is 0.490 e. The van der Waals surface area contributed by atoms with Gasteiger partial charge in [0.25, 0.3) is 0 Å². The van der Waals surface area contributed by atoms with Crippen molar-refractivity contribution in [2.45, 2.75) is 18.4 Å². The maximum atomic E-state index is 6.30. The summed E-state index contributed by atoms with van der Waals surface area (Å²) in [4.78, 5) is 12.7. The fraction of sp³-hybridized carbons (Fsp3) is 0.174. The molecule has 0 saturated heterocycles. The molecule has 4 rings (SSSR count). The minimum absolute atomic E-state index is 0.0846.